The van der Waals surface area contributed by atoms with Crippen molar-refractivity contribution in [1.82, 2.24) is 10.3 Å². The minimum Gasteiger partial charge on any atom is -0.461 e. The van der Waals surface area contributed by atoms with Gasteiger partial charge in [0.2, 0.25) is 0 Å². The molecule has 0 saturated heterocycles. The molecule has 1 amide bonds. The number of benzene rings is 1. The van der Waals surface area contributed by atoms with Crippen LogP contribution in [0.5, 0.6) is 0 Å². The van der Waals surface area contributed by atoms with E-state index in [-0.39, 0.29) is 5.91 Å². The second kappa shape index (κ2) is 7.13. The van der Waals surface area contributed by atoms with E-state index in [0.29, 0.717) is 35.7 Å². The summed E-state index contributed by atoms with van der Waals surface area (Å²) in [7, 11) is 0. The molecule has 23 heavy (non-hydrogen) atoms. The normalized spacial score (nSPS) is 10.4. The Morgan fingerprint density at radius 1 is 1.17 bits per heavy atom. The van der Waals surface area contributed by atoms with E-state index < -0.39 is 5.97 Å². The Bertz CT molecular complexity index is 732. The lowest BCUT2D eigenvalue weighted by Gasteiger charge is -2.08. The highest BCUT2D eigenvalue weighted by atomic mass is 16.5. The van der Waals surface area contributed by atoms with Gasteiger partial charge in [0.05, 0.1) is 12.2 Å². The molecule has 0 saturated carbocycles. The van der Waals surface area contributed by atoms with Crippen LogP contribution in [0.15, 0.2) is 24.3 Å². The van der Waals surface area contributed by atoms with Crippen molar-refractivity contribution in [2.45, 2.75) is 34.2 Å². The minimum atomic E-state index is -0.439. The van der Waals surface area contributed by atoms with Crippen molar-refractivity contribution in [3.63, 3.8) is 0 Å². The molecule has 0 bridgehead atoms. The molecule has 0 aliphatic heterocycles. The fourth-order valence-corrected chi connectivity index (χ4v) is 2.57. The lowest BCUT2D eigenvalue weighted by atomic mass is 10.1. The van der Waals surface area contributed by atoms with Crippen molar-refractivity contribution >= 4 is 11.9 Å². The van der Waals surface area contributed by atoms with Gasteiger partial charge in [0.1, 0.15) is 5.69 Å². The monoisotopic (exact) mass is 314 g/mol. The number of aromatic nitrogens is 1. The molecule has 0 aliphatic rings. The average molecular weight is 314 g/mol. The summed E-state index contributed by atoms with van der Waals surface area (Å²) in [5.41, 5.74) is 4.31. The molecule has 2 N–H and O–H groups in total. The minimum absolute atomic E-state index is 0.199. The van der Waals surface area contributed by atoms with Gasteiger partial charge in [0.15, 0.2) is 0 Å². The molecule has 0 spiro atoms. The van der Waals surface area contributed by atoms with Crippen molar-refractivity contribution in [3.8, 4) is 0 Å². The van der Waals surface area contributed by atoms with E-state index in [0.717, 1.165) is 11.1 Å². The summed E-state index contributed by atoms with van der Waals surface area (Å²) in [5, 5.41) is 2.91. The summed E-state index contributed by atoms with van der Waals surface area (Å²) in [4.78, 5) is 27.3. The predicted molar refractivity (Wildman–Crippen MR) is 88.6 cm³/mol. The van der Waals surface area contributed by atoms with Crippen LogP contribution >= 0.6 is 0 Å². The van der Waals surface area contributed by atoms with Crippen LogP contribution in [0, 0.1) is 20.8 Å². The van der Waals surface area contributed by atoms with Crippen molar-refractivity contribution in [2.24, 2.45) is 0 Å². The zero-order valence-corrected chi connectivity index (χ0v) is 13.9. The molecule has 2 rings (SSSR count). The van der Waals surface area contributed by atoms with Crippen LogP contribution < -0.4 is 5.32 Å². The van der Waals surface area contributed by atoms with E-state index >= 15 is 0 Å². The van der Waals surface area contributed by atoms with Gasteiger partial charge in [-0.15, -0.1) is 0 Å². The highest BCUT2D eigenvalue weighted by molar-refractivity contribution is 6.01. The number of hydrogen-bond donors (Lipinski definition) is 2. The largest absolute Gasteiger partial charge is 0.461 e. The van der Waals surface area contributed by atoms with E-state index in [1.165, 1.54) is 0 Å². The van der Waals surface area contributed by atoms with Crippen LogP contribution in [-0.4, -0.2) is 23.5 Å². The number of ether oxygens (including phenoxy) is 1. The number of rotatable bonds is 5. The average Bonchev–Trinajstić information content (AvgIpc) is 2.81. The zero-order valence-electron chi connectivity index (χ0n) is 13.9. The molecule has 0 fully saturated rings. The first-order valence-corrected chi connectivity index (χ1v) is 7.64. The van der Waals surface area contributed by atoms with Crippen molar-refractivity contribution in [2.75, 3.05) is 6.61 Å². The molecule has 2 aromatic rings. The fourth-order valence-electron chi connectivity index (χ4n) is 2.57. The molecular weight excluding hydrogens is 292 g/mol. The molecule has 1 aromatic heterocycles. The maximum absolute atomic E-state index is 12.5. The summed E-state index contributed by atoms with van der Waals surface area (Å²) in [6.45, 7) is 8.03. The number of nitrogens with one attached hydrogen (secondary N) is 2. The molecule has 0 aliphatic carbocycles. The molecule has 1 heterocycles. The van der Waals surface area contributed by atoms with Gasteiger partial charge < -0.3 is 15.0 Å². The van der Waals surface area contributed by atoms with Gasteiger partial charge in [-0.3, -0.25) is 4.79 Å². The van der Waals surface area contributed by atoms with Gasteiger partial charge >= 0.3 is 5.97 Å². The van der Waals surface area contributed by atoms with E-state index in [4.69, 9.17) is 4.74 Å². The molecular formula is C18H22N2O3. The topological polar surface area (TPSA) is 71.2 Å². The number of aryl methyl sites for hydroxylation is 2. The molecule has 1 aromatic carbocycles. The molecule has 0 atom stereocenters. The van der Waals surface area contributed by atoms with Gasteiger partial charge in [0, 0.05) is 12.2 Å². The molecule has 5 nitrogen and oxygen atoms in total. The number of H-pyrrole nitrogens is 1. The van der Waals surface area contributed by atoms with E-state index in [1.807, 2.05) is 31.2 Å². The second-order valence-corrected chi connectivity index (χ2v) is 5.45. The number of esters is 1. The Labute approximate surface area is 136 Å². The first-order valence-electron chi connectivity index (χ1n) is 7.64. The SMILES string of the molecule is CCOC(=O)c1[nH]c(C)c(C(=O)NCc2ccccc2C)c1C. The first-order chi connectivity index (χ1) is 11.0. The van der Waals surface area contributed by atoms with Crippen LogP contribution in [0.25, 0.3) is 0 Å². The second-order valence-electron chi connectivity index (χ2n) is 5.45. The number of carbonyl (C=O) groups excluding carboxylic acids is 2. The van der Waals surface area contributed by atoms with E-state index in [9.17, 15) is 9.59 Å². The van der Waals surface area contributed by atoms with Gasteiger partial charge in [-0.05, 0) is 44.4 Å². The molecule has 0 unspecified atom stereocenters. The quantitative estimate of drug-likeness (QED) is 0.833. The zero-order chi connectivity index (χ0) is 17.0. The highest BCUT2D eigenvalue weighted by Crippen LogP contribution is 2.19. The Kier molecular flexibility index (Phi) is 5.21. The number of carbonyl (C=O) groups is 2. The Morgan fingerprint density at radius 3 is 2.52 bits per heavy atom. The van der Waals surface area contributed by atoms with Gasteiger partial charge in [0.25, 0.3) is 5.91 Å². The highest BCUT2D eigenvalue weighted by Gasteiger charge is 2.22. The van der Waals surface area contributed by atoms with E-state index in [1.54, 1.807) is 20.8 Å². The van der Waals surface area contributed by atoms with Gasteiger partial charge in [-0.25, -0.2) is 4.79 Å². The van der Waals surface area contributed by atoms with Gasteiger partial charge in [-0.1, -0.05) is 24.3 Å². The third-order valence-corrected chi connectivity index (χ3v) is 3.84. The number of amides is 1. The summed E-state index contributed by atoms with van der Waals surface area (Å²) in [6, 6.07) is 7.90. The third-order valence-electron chi connectivity index (χ3n) is 3.84. The Balaban J connectivity index is 2.17. The maximum Gasteiger partial charge on any atom is 0.355 e. The lowest BCUT2D eigenvalue weighted by molar-refractivity contribution is 0.0519. The lowest BCUT2D eigenvalue weighted by Crippen LogP contribution is -2.24. The Morgan fingerprint density at radius 2 is 1.87 bits per heavy atom. The molecule has 5 heteroatoms. The molecule has 0 radical (unpaired) electrons. The third kappa shape index (κ3) is 3.62. The summed E-state index contributed by atoms with van der Waals surface area (Å²) in [6.07, 6.45) is 0. The van der Waals surface area contributed by atoms with Crippen LogP contribution in [0.2, 0.25) is 0 Å². The summed E-state index contributed by atoms with van der Waals surface area (Å²) in [5.74, 6) is -0.638. The first kappa shape index (κ1) is 16.8. The van der Waals surface area contributed by atoms with E-state index in [2.05, 4.69) is 10.3 Å². The van der Waals surface area contributed by atoms with Crippen LogP contribution in [0.4, 0.5) is 0 Å². The van der Waals surface area contributed by atoms with Crippen LogP contribution in [-0.2, 0) is 11.3 Å². The van der Waals surface area contributed by atoms with Crippen molar-refractivity contribution in [1.29, 1.82) is 0 Å². The number of hydrogen-bond acceptors (Lipinski definition) is 3. The number of aromatic amines is 1. The van der Waals surface area contributed by atoms with Gasteiger partial charge in [-0.2, -0.15) is 0 Å². The fraction of sp³-hybridized carbons (Fsp3) is 0.333. The van der Waals surface area contributed by atoms with Crippen LogP contribution in [0.3, 0.4) is 0 Å². The smallest absolute Gasteiger partial charge is 0.355 e. The summed E-state index contributed by atoms with van der Waals surface area (Å²) < 4.78 is 5.00. The Hall–Kier alpha value is -2.56. The van der Waals surface area contributed by atoms with Crippen molar-refractivity contribution < 1.29 is 14.3 Å². The van der Waals surface area contributed by atoms with Crippen LogP contribution in [0.1, 0.15) is 50.2 Å². The maximum atomic E-state index is 12.5. The standard InChI is InChI=1S/C18H22N2O3/c1-5-23-18(22)16-12(3)15(13(4)20-16)17(21)19-10-14-9-7-6-8-11(14)2/h6-9,20H,5,10H2,1-4H3,(H,19,21). The van der Waals surface area contributed by atoms with Crippen molar-refractivity contribution in [3.05, 3.63) is 57.9 Å². The predicted octanol–water partition coefficient (Wildman–Crippen LogP) is 3.05. The summed E-state index contributed by atoms with van der Waals surface area (Å²) >= 11 is 0. The molecule has 122 valence electrons.